The Morgan fingerprint density at radius 2 is 1.64 bits per heavy atom. The van der Waals surface area contributed by atoms with E-state index in [0.29, 0.717) is 17.9 Å². The first-order chi connectivity index (χ1) is 18.4. The Hall–Kier alpha value is -3.86. The molecule has 218 valence electrons. The number of H-pyrrole nitrogens is 1. The maximum Gasteiger partial charge on any atom is 0.326 e. The number of amides is 3. The van der Waals surface area contributed by atoms with Gasteiger partial charge in [0.25, 0.3) is 0 Å². The fraction of sp³-hybridized carbons (Fsp3) is 0.591. The fourth-order valence-electron chi connectivity index (χ4n) is 3.32. The smallest absolute Gasteiger partial charge is 0.326 e. The van der Waals surface area contributed by atoms with Gasteiger partial charge in [-0.1, -0.05) is 0 Å². The van der Waals surface area contributed by atoms with Gasteiger partial charge in [-0.05, 0) is 37.7 Å². The molecule has 12 N–H and O–H groups in total. The summed E-state index contributed by atoms with van der Waals surface area (Å²) >= 11 is 1.49. The van der Waals surface area contributed by atoms with Crippen molar-refractivity contribution in [1.82, 2.24) is 25.9 Å². The number of carboxylic acid groups (broad SMARTS) is 2. The maximum absolute atomic E-state index is 13.1. The van der Waals surface area contributed by atoms with Crippen molar-refractivity contribution in [2.45, 2.75) is 62.7 Å². The predicted molar refractivity (Wildman–Crippen MR) is 143 cm³/mol. The summed E-state index contributed by atoms with van der Waals surface area (Å²) in [7, 11) is 0. The highest BCUT2D eigenvalue weighted by Gasteiger charge is 2.31. The molecule has 0 fully saturated rings. The van der Waals surface area contributed by atoms with Gasteiger partial charge in [-0.15, -0.1) is 0 Å². The molecule has 1 aromatic heterocycles. The van der Waals surface area contributed by atoms with E-state index in [1.165, 1.54) is 24.3 Å². The Labute approximate surface area is 229 Å². The monoisotopic (exact) mass is 571 g/mol. The van der Waals surface area contributed by atoms with Crippen LogP contribution >= 0.6 is 11.8 Å². The minimum atomic E-state index is -1.30. The van der Waals surface area contributed by atoms with Gasteiger partial charge in [-0.2, -0.15) is 11.8 Å². The van der Waals surface area contributed by atoms with E-state index in [0.717, 1.165) is 0 Å². The average Bonchev–Trinajstić information content (AvgIpc) is 3.38. The van der Waals surface area contributed by atoms with Crippen LogP contribution in [0, 0.1) is 0 Å². The van der Waals surface area contributed by atoms with E-state index in [4.69, 9.17) is 22.3 Å². The molecule has 0 spiro atoms. The zero-order valence-electron chi connectivity index (χ0n) is 21.6. The van der Waals surface area contributed by atoms with E-state index < -0.39 is 60.2 Å². The molecule has 4 atom stereocenters. The third-order valence-corrected chi connectivity index (χ3v) is 6.07. The number of nitrogens with one attached hydrogen (secondary N) is 4. The summed E-state index contributed by atoms with van der Waals surface area (Å²) in [6.45, 7) is 0.153. The molecule has 0 aliphatic heterocycles. The third kappa shape index (κ3) is 13.5. The number of carboxylic acids is 2. The van der Waals surface area contributed by atoms with Crippen LogP contribution < -0.4 is 33.2 Å². The van der Waals surface area contributed by atoms with Gasteiger partial charge in [0.2, 0.25) is 17.7 Å². The van der Waals surface area contributed by atoms with Crippen molar-refractivity contribution < 1.29 is 34.2 Å². The summed E-state index contributed by atoms with van der Waals surface area (Å²) in [5.74, 6) is -4.33. The van der Waals surface area contributed by atoms with E-state index in [2.05, 4.69) is 30.9 Å². The highest BCUT2D eigenvalue weighted by molar-refractivity contribution is 7.98. The largest absolute Gasteiger partial charge is 0.481 e. The van der Waals surface area contributed by atoms with Crippen molar-refractivity contribution >= 4 is 47.4 Å². The standard InChI is InChI=1S/C22H37N9O7S/c1-39-8-6-13(23)18(34)29-14(4-5-17(32)33)19(35)31-16(9-12-10-26-11-28-12)20(36)30-15(21(37)38)3-2-7-27-22(24)25/h10-11,13-16H,2-9,23H2,1H3,(H,26,28)(H,29,34)(H,30,36)(H,31,35)(H,32,33)(H,37,38)(H4,24,25,27). The van der Waals surface area contributed by atoms with Crippen LogP contribution in [0.2, 0.25) is 0 Å². The van der Waals surface area contributed by atoms with Gasteiger partial charge in [0, 0.05) is 31.3 Å². The lowest BCUT2D eigenvalue weighted by molar-refractivity contribution is -0.142. The average molecular weight is 572 g/mol. The van der Waals surface area contributed by atoms with Crippen molar-refractivity contribution in [1.29, 1.82) is 0 Å². The van der Waals surface area contributed by atoms with Gasteiger partial charge >= 0.3 is 11.9 Å². The molecule has 0 aliphatic rings. The number of nitrogens with zero attached hydrogens (tertiary/aromatic N) is 2. The molecular formula is C22H37N9O7S. The zero-order valence-corrected chi connectivity index (χ0v) is 22.4. The second kappa shape index (κ2) is 17.6. The van der Waals surface area contributed by atoms with Crippen molar-refractivity contribution in [2.75, 3.05) is 18.6 Å². The van der Waals surface area contributed by atoms with Gasteiger partial charge < -0.3 is 48.3 Å². The van der Waals surface area contributed by atoms with E-state index in [1.807, 2.05) is 6.26 Å². The number of aliphatic carboxylic acids is 2. The molecule has 0 bridgehead atoms. The first-order valence-electron chi connectivity index (χ1n) is 12.1. The fourth-order valence-corrected chi connectivity index (χ4v) is 3.81. The summed E-state index contributed by atoms with van der Waals surface area (Å²) < 4.78 is 0. The van der Waals surface area contributed by atoms with Crippen molar-refractivity contribution in [3.63, 3.8) is 0 Å². The molecule has 0 aliphatic carbocycles. The summed E-state index contributed by atoms with van der Waals surface area (Å²) in [6, 6.07) is -4.81. The third-order valence-electron chi connectivity index (χ3n) is 5.42. The number of hydrogen-bond acceptors (Lipinski definition) is 9. The lowest BCUT2D eigenvalue weighted by atomic mass is 10.1. The van der Waals surface area contributed by atoms with Crippen LogP contribution in [0.25, 0.3) is 0 Å². The van der Waals surface area contributed by atoms with Crippen LogP contribution in [0.1, 0.15) is 37.8 Å². The molecule has 0 radical (unpaired) electrons. The van der Waals surface area contributed by atoms with Gasteiger partial charge in [0.1, 0.15) is 18.1 Å². The number of thioether (sulfide) groups is 1. The number of nitrogens with two attached hydrogens (primary N) is 3. The number of imidazole rings is 1. The number of aliphatic imine (C=N–C) groups is 1. The number of aromatic amines is 1. The summed E-state index contributed by atoms with van der Waals surface area (Å²) in [5, 5.41) is 26.0. The number of hydrogen-bond donors (Lipinski definition) is 9. The minimum absolute atomic E-state index is 0.00774. The van der Waals surface area contributed by atoms with Crippen LogP contribution in [0.4, 0.5) is 0 Å². The van der Waals surface area contributed by atoms with Crippen LogP contribution in [0.15, 0.2) is 17.5 Å². The molecule has 17 heteroatoms. The van der Waals surface area contributed by atoms with Crippen LogP contribution in [0.5, 0.6) is 0 Å². The normalized spacial score (nSPS) is 13.8. The topological polar surface area (TPSA) is 281 Å². The number of carbonyl (C=O) groups excluding carboxylic acids is 3. The molecule has 39 heavy (non-hydrogen) atoms. The van der Waals surface area contributed by atoms with Gasteiger partial charge in [0.15, 0.2) is 5.96 Å². The summed E-state index contributed by atoms with van der Waals surface area (Å²) in [5.41, 5.74) is 16.8. The molecule has 0 saturated heterocycles. The summed E-state index contributed by atoms with van der Waals surface area (Å²) in [4.78, 5) is 72.1. The van der Waals surface area contributed by atoms with Crippen LogP contribution in [-0.4, -0.2) is 98.5 Å². The van der Waals surface area contributed by atoms with Crippen molar-refractivity contribution in [3.8, 4) is 0 Å². The van der Waals surface area contributed by atoms with Crippen LogP contribution in [0.3, 0.4) is 0 Å². The molecular weight excluding hydrogens is 534 g/mol. The molecule has 0 saturated carbocycles. The van der Waals surface area contributed by atoms with E-state index in [1.54, 1.807) is 0 Å². The Morgan fingerprint density at radius 1 is 1.00 bits per heavy atom. The Morgan fingerprint density at radius 3 is 2.21 bits per heavy atom. The highest BCUT2D eigenvalue weighted by atomic mass is 32.2. The molecule has 1 aromatic rings. The van der Waals surface area contributed by atoms with Crippen molar-refractivity contribution in [2.24, 2.45) is 22.2 Å². The lowest BCUT2D eigenvalue weighted by Gasteiger charge is -2.25. The molecule has 1 rings (SSSR count). The number of rotatable bonds is 19. The van der Waals surface area contributed by atoms with E-state index in [-0.39, 0.29) is 38.2 Å². The lowest BCUT2D eigenvalue weighted by Crippen LogP contribution is -2.57. The molecule has 3 amide bonds. The van der Waals surface area contributed by atoms with E-state index >= 15 is 0 Å². The molecule has 1 heterocycles. The van der Waals surface area contributed by atoms with E-state index in [9.17, 15) is 29.1 Å². The Bertz CT molecular complexity index is 987. The van der Waals surface area contributed by atoms with Crippen molar-refractivity contribution in [3.05, 3.63) is 18.2 Å². The van der Waals surface area contributed by atoms with Crippen LogP contribution in [-0.2, 0) is 30.4 Å². The second-order valence-corrected chi connectivity index (χ2v) is 9.56. The summed E-state index contributed by atoms with van der Waals surface area (Å²) in [6.07, 6.45) is 4.44. The highest BCUT2D eigenvalue weighted by Crippen LogP contribution is 2.07. The van der Waals surface area contributed by atoms with Gasteiger partial charge in [-0.25, -0.2) is 9.78 Å². The molecule has 4 unspecified atom stereocenters. The molecule has 16 nitrogen and oxygen atoms in total. The minimum Gasteiger partial charge on any atom is -0.481 e. The SMILES string of the molecule is CSCCC(N)C(=O)NC(CCC(=O)O)C(=O)NC(Cc1cnc[nH]1)C(=O)NC(CCCN=C(N)N)C(=O)O. The van der Waals surface area contributed by atoms with Gasteiger partial charge in [-0.3, -0.25) is 24.2 Å². The predicted octanol–water partition coefficient (Wildman–Crippen LogP) is -2.51. The quantitative estimate of drug-likeness (QED) is 0.0473. The zero-order chi connectivity index (χ0) is 29.4. The first kappa shape index (κ1) is 33.2. The molecule has 0 aromatic carbocycles. The maximum atomic E-state index is 13.1. The number of carbonyl (C=O) groups is 5. The second-order valence-electron chi connectivity index (χ2n) is 8.57. The number of guanidine groups is 1. The number of aromatic nitrogens is 2. The van der Waals surface area contributed by atoms with Gasteiger partial charge in [0.05, 0.1) is 12.4 Å². The first-order valence-corrected chi connectivity index (χ1v) is 13.5. The Balaban J connectivity index is 3.04. The Kier molecular flexibility index (Phi) is 15.0.